The van der Waals surface area contributed by atoms with E-state index in [0.717, 1.165) is 11.4 Å². The van der Waals surface area contributed by atoms with Crippen LogP contribution in [-0.4, -0.2) is 74.3 Å². The fourth-order valence-electron chi connectivity index (χ4n) is 3.14. The van der Waals surface area contributed by atoms with Gasteiger partial charge in [0, 0.05) is 54.6 Å². The summed E-state index contributed by atoms with van der Waals surface area (Å²) in [7, 11) is -3.28. The third-order valence-corrected chi connectivity index (χ3v) is 6.83. The van der Waals surface area contributed by atoms with E-state index in [4.69, 9.17) is 11.6 Å². The number of hydrogen-bond donors (Lipinski definition) is 1. The van der Waals surface area contributed by atoms with Crippen molar-refractivity contribution in [1.82, 2.24) is 15.2 Å². The summed E-state index contributed by atoms with van der Waals surface area (Å²) < 4.78 is 23.3. The Morgan fingerprint density at radius 2 is 1.87 bits per heavy atom. The van der Waals surface area contributed by atoms with Crippen LogP contribution in [0.2, 0.25) is 5.02 Å². The van der Waals surface area contributed by atoms with E-state index in [1.54, 1.807) is 46.7 Å². The summed E-state index contributed by atoms with van der Waals surface area (Å²) in [5.41, 5.74) is 0.352. The highest BCUT2D eigenvalue weighted by Gasteiger charge is 2.30. The van der Waals surface area contributed by atoms with Crippen LogP contribution < -0.4 is 10.2 Å². The minimum absolute atomic E-state index is 0.0176. The van der Waals surface area contributed by atoms with E-state index >= 15 is 0 Å². The molecule has 30 heavy (non-hydrogen) atoms. The number of benzene rings is 1. The first-order chi connectivity index (χ1) is 14.2. The van der Waals surface area contributed by atoms with E-state index < -0.39 is 21.8 Å². The quantitative estimate of drug-likeness (QED) is 0.660. The molecule has 0 radical (unpaired) electrons. The number of halogens is 1. The van der Waals surface area contributed by atoms with Gasteiger partial charge in [-0.1, -0.05) is 11.6 Å². The van der Waals surface area contributed by atoms with Crippen molar-refractivity contribution in [3.63, 3.8) is 0 Å². The van der Waals surface area contributed by atoms with Gasteiger partial charge in [-0.05, 0) is 30.7 Å². The van der Waals surface area contributed by atoms with Crippen LogP contribution in [0, 0.1) is 0 Å². The van der Waals surface area contributed by atoms with Gasteiger partial charge in [0.1, 0.15) is 15.9 Å². The molecule has 0 aliphatic carbocycles. The number of hydrogen-bond acceptors (Lipinski definition) is 7. The first kappa shape index (κ1) is 22.5. The number of anilines is 1. The number of piperazine rings is 1. The van der Waals surface area contributed by atoms with Crippen molar-refractivity contribution in [2.75, 3.05) is 43.1 Å². The molecule has 1 aliphatic heterocycles. The second kappa shape index (κ2) is 9.76. The molecule has 2 aromatic rings. The van der Waals surface area contributed by atoms with Gasteiger partial charge in [0.05, 0.1) is 5.75 Å². The van der Waals surface area contributed by atoms with Crippen molar-refractivity contribution in [2.45, 2.75) is 12.5 Å². The molecule has 8 nitrogen and oxygen atoms in total. The predicted molar refractivity (Wildman–Crippen MR) is 118 cm³/mol. The smallest absolute Gasteiger partial charge is 0.251 e. The molecule has 3 rings (SSSR count). The van der Waals surface area contributed by atoms with E-state index in [1.807, 2.05) is 5.38 Å². The van der Waals surface area contributed by atoms with Crippen molar-refractivity contribution < 1.29 is 18.0 Å². The van der Waals surface area contributed by atoms with Crippen LogP contribution >= 0.6 is 22.9 Å². The number of carbonyl (C=O) groups is 2. The molecule has 1 aromatic heterocycles. The summed E-state index contributed by atoms with van der Waals surface area (Å²) in [6.45, 7) is 2.21. The van der Waals surface area contributed by atoms with Gasteiger partial charge in [-0.2, -0.15) is 0 Å². The van der Waals surface area contributed by atoms with E-state index in [9.17, 15) is 18.0 Å². The first-order valence-corrected chi connectivity index (χ1v) is 12.7. The molecule has 1 unspecified atom stereocenters. The largest absolute Gasteiger partial charge is 0.345 e. The number of rotatable bonds is 7. The van der Waals surface area contributed by atoms with Gasteiger partial charge in [0.2, 0.25) is 5.91 Å². The second-order valence-corrected chi connectivity index (χ2v) is 10.6. The molecule has 162 valence electrons. The Morgan fingerprint density at radius 1 is 1.20 bits per heavy atom. The lowest BCUT2D eigenvalue weighted by molar-refractivity contribution is -0.133. The first-order valence-electron chi connectivity index (χ1n) is 9.40. The molecular formula is C19H23ClN4O4S2. The van der Waals surface area contributed by atoms with Crippen molar-refractivity contribution in [1.29, 1.82) is 0 Å². The van der Waals surface area contributed by atoms with Gasteiger partial charge in [-0.25, -0.2) is 13.4 Å². The summed E-state index contributed by atoms with van der Waals surface area (Å²) in [6.07, 6.45) is 2.87. The SMILES string of the molecule is CS(=O)(=O)CCC(NC(=O)c1ccc(Cl)cc1)C(=O)N1CCN(c2nccs2)CC1. The van der Waals surface area contributed by atoms with Gasteiger partial charge >= 0.3 is 0 Å². The lowest BCUT2D eigenvalue weighted by Gasteiger charge is -2.36. The Labute approximate surface area is 184 Å². The van der Waals surface area contributed by atoms with Crippen LogP contribution in [0.15, 0.2) is 35.8 Å². The maximum absolute atomic E-state index is 13.1. The normalized spacial score (nSPS) is 15.7. The van der Waals surface area contributed by atoms with Gasteiger partial charge < -0.3 is 15.1 Å². The maximum atomic E-state index is 13.1. The Hall–Kier alpha value is -2.17. The molecule has 1 aliphatic rings. The minimum atomic E-state index is -3.28. The zero-order valence-electron chi connectivity index (χ0n) is 16.5. The highest BCUT2D eigenvalue weighted by molar-refractivity contribution is 7.90. The molecule has 1 atom stereocenters. The lowest BCUT2D eigenvalue weighted by Crippen LogP contribution is -2.55. The average Bonchev–Trinajstić information content (AvgIpc) is 3.25. The van der Waals surface area contributed by atoms with Crippen LogP contribution in [0.1, 0.15) is 16.8 Å². The molecule has 2 amide bonds. The number of carbonyl (C=O) groups excluding carboxylic acids is 2. The fourth-order valence-corrected chi connectivity index (χ4v) is 4.63. The molecule has 11 heteroatoms. The van der Waals surface area contributed by atoms with Crippen molar-refractivity contribution in [3.05, 3.63) is 46.4 Å². The summed E-state index contributed by atoms with van der Waals surface area (Å²) in [5.74, 6) is -0.914. The zero-order chi connectivity index (χ0) is 21.7. The Morgan fingerprint density at radius 3 is 2.43 bits per heavy atom. The van der Waals surface area contributed by atoms with Gasteiger partial charge in [-0.15, -0.1) is 11.3 Å². The van der Waals surface area contributed by atoms with Crippen LogP contribution in [0.25, 0.3) is 0 Å². The number of aromatic nitrogens is 1. The molecular weight excluding hydrogens is 448 g/mol. The monoisotopic (exact) mass is 470 g/mol. The van der Waals surface area contributed by atoms with E-state index in [2.05, 4.69) is 15.2 Å². The maximum Gasteiger partial charge on any atom is 0.251 e. The van der Waals surface area contributed by atoms with Crippen molar-refractivity contribution in [3.8, 4) is 0 Å². The molecule has 1 saturated heterocycles. The Balaban J connectivity index is 1.67. The van der Waals surface area contributed by atoms with E-state index in [0.29, 0.717) is 36.8 Å². The van der Waals surface area contributed by atoms with Crippen molar-refractivity contribution >= 4 is 49.7 Å². The third kappa shape index (κ3) is 6.16. The molecule has 0 saturated carbocycles. The summed E-state index contributed by atoms with van der Waals surface area (Å²) in [6, 6.07) is 5.36. The van der Waals surface area contributed by atoms with Crippen LogP contribution in [0.3, 0.4) is 0 Å². The molecule has 1 N–H and O–H groups in total. The van der Waals surface area contributed by atoms with E-state index in [-0.39, 0.29) is 18.1 Å². The molecule has 0 spiro atoms. The highest BCUT2D eigenvalue weighted by Crippen LogP contribution is 2.19. The number of thiazole rings is 1. The molecule has 2 heterocycles. The number of amides is 2. The number of sulfone groups is 1. The summed E-state index contributed by atoms with van der Waals surface area (Å²) in [5, 5.41) is 6.01. The van der Waals surface area contributed by atoms with Crippen LogP contribution in [0.4, 0.5) is 5.13 Å². The summed E-state index contributed by atoms with van der Waals surface area (Å²) in [4.78, 5) is 33.7. The van der Waals surface area contributed by atoms with Crippen molar-refractivity contribution in [2.24, 2.45) is 0 Å². The van der Waals surface area contributed by atoms with Crippen LogP contribution in [0.5, 0.6) is 0 Å². The number of nitrogens with zero attached hydrogens (tertiary/aromatic N) is 3. The Kier molecular flexibility index (Phi) is 7.32. The van der Waals surface area contributed by atoms with Gasteiger partial charge in [0.15, 0.2) is 5.13 Å². The molecule has 1 aromatic carbocycles. The van der Waals surface area contributed by atoms with Gasteiger partial charge in [-0.3, -0.25) is 9.59 Å². The molecule has 0 bridgehead atoms. The minimum Gasteiger partial charge on any atom is -0.345 e. The topological polar surface area (TPSA) is 99.7 Å². The third-order valence-electron chi connectivity index (χ3n) is 4.77. The van der Waals surface area contributed by atoms with E-state index in [1.165, 1.54) is 0 Å². The van der Waals surface area contributed by atoms with Crippen LogP contribution in [-0.2, 0) is 14.6 Å². The van der Waals surface area contributed by atoms with Gasteiger partial charge in [0.25, 0.3) is 5.91 Å². The number of nitrogens with one attached hydrogen (secondary N) is 1. The second-order valence-electron chi connectivity index (χ2n) is 7.08. The average molecular weight is 471 g/mol. The predicted octanol–water partition coefficient (Wildman–Crippen LogP) is 1.68. The Bertz CT molecular complexity index is 972. The highest BCUT2D eigenvalue weighted by atomic mass is 35.5. The zero-order valence-corrected chi connectivity index (χ0v) is 18.8. The fraction of sp³-hybridized carbons (Fsp3) is 0.421. The lowest BCUT2D eigenvalue weighted by atomic mass is 10.1. The summed E-state index contributed by atoms with van der Waals surface area (Å²) >= 11 is 7.40. The molecule has 1 fully saturated rings. The standard InChI is InChI=1S/C19H23ClN4O4S2/c1-30(27,28)13-6-16(22-17(25)14-2-4-15(20)5-3-14)18(26)23-8-10-24(11-9-23)19-21-7-12-29-19/h2-5,7,12,16H,6,8-11,13H2,1H3,(H,22,25).